The van der Waals surface area contributed by atoms with Crippen molar-refractivity contribution in [2.24, 2.45) is 0 Å². The first-order valence-corrected chi connectivity index (χ1v) is 13.0. The second kappa shape index (κ2) is 11.6. The molecule has 2 N–H and O–H groups in total. The van der Waals surface area contributed by atoms with Gasteiger partial charge in [0.25, 0.3) is 0 Å². The average Bonchev–Trinajstić information content (AvgIpc) is 3.39. The molecular weight excluding hydrogens is 504 g/mol. The highest BCUT2D eigenvalue weighted by Crippen LogP contribution is 2.41. The van der Waals surface area contributed by atoms with E-state index in [1.807, 2.05) is 72.8 Å². The highest BCUT2D eigenvalue weighted by molar-refractivity contribution is 7.80. The van der Waals surface area contributed by atoms with Crippen molar-refractivity contribution in [1.29, 1.82) is 0 Å². The van der Waals surface area contributed by atoms with E-state index in [0.717, 1.165) is 17.9 Å². The molecule has 1 aromatic heterocycles. The molecule has 0 saturated heterocycles. The Kier molecular flexibility index (Phi) is 7.82. The van der Waals surface area contributed by atoms with E-state index in [0.29, 0.717) is 34.9 Å². The Hall–Kier alpha value is -3.68. The minimum Gasteiger partial charge on any atom is -0.439 e. The summed E-state index contributed by atoms with van der Waals surface area (Å²) in [7, 11) is 0. The summed E-state index contributed by atoms with van der Waals surface area (Å²) in [6, 6.07) is 28.7. The maximum atomic E-state index is 6.13. The van der Waals surface area contributed by atoms with Crippen LogP contribution in [0.1, 0.15) is 31.2 Å². The summed E-state index contributed by atoms with van der Waals surface area (Å²) in [5.41, 5.74) is 1.29. The van der Waals surface area contributed by atoms with Gasteiger partial charge >= 0.3 is 0 Å². The highest BCUT2D eigenvalue weighted by Gasteiger charge is 2.35. The second-order valence-corrected chi connectivity index (χ2v) is 9.84. The van der Waals surface area contributed by atoms with Crippen LogP contribution in [-0.2, 0) is 5.41 Å². The molecule has 3 aromatic carbocycles. The number of ether oxygens (including phenoxy) is 2. The standard InChI is InChI=1S/C29H27ClN4O2S/c30-22-15-13-21(14-16-22)29(17-7-8-18-29)20-31-28(37)34-27-32-25(35-23-9-3-1-4-10-23)19-26(33-27)36-24-11-5-2-6-12-24/h1-6,9-16,19H,7-8,17-18,20H2,(H2,31,32,33,34,37). The molecule has 0 bridgehead atoms. The number of hydrogen-bond acceptors (Lipinski definition) is 5. The Bertz CT molecular complexity index is 1270. The van der Waals surface area contributed by atoms with Crippen molar-refractivity contribution in [2.45, 2.75) is 31.1 Å². The molecule has 8 heteroatoms. The van der Waals surface area contributed by atoms with Gasteiger partial charge in [0, 0.05) is 17.0 Å². The Morgan fingerprint density at radius 3 is 1.89 bits per heavy atom. The quantitative estimate of drug-likeness (QED) is 0.228. The molecule has 4 aromatic rings. The summed E-state index contributed by atoms with van der Waals surface area (Å²) in [4.78, 5) is 9.02. The molecule has 188 valence electrons. The monoisotopic (exact) mass is 530 g/mol. The lowest BCUT2D eigenvalue weighted by atomic mass is 9.79. The van der Waals surface area contributed by atoms with Crippen LogP contribution < -0.4 is 20.1 Å². The first-order valence-electron chi connectivity index (χ1n) is 12.2. The number of nitrogens with zero attached hydrogens (tertiary/aromatic N) is 2. The minimum absolute atomic E-state index is 0.0109. The van der Waals surface area contributed by atoms with E-state index in [9.17, 15) is 0 Å². The van der Waals surface area contributed by atoms with Gasteiger partial charge in [-0.1, -0.05) is 73.0 Å². The minimum atomic E-state index is 0.0109. The van der Waals surface area contributed by atoms with Crippen LogP contribution in [0.3, 0.4) is 0 Å². The molecule has 0 aliphatic heterocycles. The average molecular weight is 531 g/mol. The Labute approximate surface area is 227 Å². The van der Waals surface area contributed by atoms with Crippen LogP contribution in [0.25, 0.3) is 0 Å². The van der Waals surface area contributed by atoms with Crippen molar-refractivity contribution in [2.75, 3.05) is 11.9 Å². The molecule has 0 radical (unpaired) electrons. The van der Waals surface area contributed by atoms with E-state index < -0.39 is 0 Å². The van der Waals surface area contributed by atoms with Crippen LogP contribution in [0.15, 0.2) is 91.0 Å². The number of benzene rings is 3. The molecule has 1 heterocycles. The number of anilines is 1. The predicted molar refractivity (Wildman–Crippen MR) is 151 cm³/mol. The molecule has 0 amide bonds. The molecule has 0 spiro atoms. The Morgan fingerprint density at radius 2 is 1.35 bits per heavy atom. The largest absolute Gasteiger partial charge is 0.439 e. The summed E-state index contributed by atoms with van der Waals surface area (Å²) in [6.45, 7) is 0.702. The Morgan fingerprint density at radius 1 is 0.811 bits per heavy atom. The normalized spacial score (nSPS) is 14.1. The number of rotatable bonds is 8. The fourth-order valence-corrected chi connectivity index (χ4v) is 4.89. The first kappa shape index (κ1) is 25.0. The molecule has 0 atom stereocenters. The van der Waals surface area contributed by atoms with Crippen LogP contribution in [-0.4, -0.2) is 21.6 Å². The van der Waals surface area contributed by atoms with Gasteiger partial charge in [-0.05, 0) is 67.0 Å². The van der Waals surface area contributed by atoms with Gasteiger partial charge in [0.05, 0.1) is 6.07 Å². The lowest BCUT2D eigenvalue weighted by molar-refractivity contribution is 0.433. The lowest BCUT2D eigenvalue weighted by Gasteiger charge is -2.30. The van der Waals surface area contributed by atoms with Gasteiger partial charge in [-0.15, -0.1) is 0 Å². The van der Waals surface area contributed by atoms with Crippen molar-refractivity contribution in [3.63, 3.8) is 0 Å². The maximum Gasteiger partial charge on any atom is 0.235 e. The highest BCUT2D eigenvalue weighted by atomic mass is 35.5. The fraction of sp³-hybridized carbons (Fsp3) is 0.207. The van der Waals surface area contributed by atoms with Crippen molar-refractivity contribution in [1.82, 2.24) is 15.3 Å². The van der Waals surface area contributed by atoms with Gasteiger partial charge in [-0.3, -0.25) is 0 Å². The van der Waals surface area contributed by atoms with Gasteiger partial charge in [0.1, 0.15) is 11.5 Å². The van der Waals surface area contributed by atoms with E-state index in [4.69, 9.17) is 33.3 Å². The molecule has 0 unspecified atom stereocenters. The molecule has 1 aliphatic rings. The third-order valence-corrected chi connectivity index (χ3v) is 6.94. The summed E-state index contributed by atoms with van der Waals surface area (Å²) >= 11 is 11.8. The predicted octanol–water partition coefficient (Wildman–Crippen LogP) is 7.51. The lowest BCUT2D eigenvalue weighted by Crippen LogP contribution is -2.41. The van der Waals surface area contributed by atoms with Gasteiger partial charge in [-0.25, -0.2) is 0 Å². The number of thiocarbonyl (C=S) groups is 1. The number of halogens is 1. The summed E-state index contributed by atoms with van der Waals surface area (Å²) < 4.78 is 11.9. The van der Waals surface area contributed by atoms with E-state index in [-0.39, 0.29) is 11.4 Å². The molecular formula is C29H27ClN4O2S. The molecule has 37 heavy (non-hydrogen) atoms. The van der Waals surface area contributed by atoms with Crippen LogP contribution in [0, 0.1) is 0 Å². The zero-order chi connectivity index (χ0) is 25.5. The smallest absolute Gasteiger partial charge is 0.235 e. The molecule has 6 nitrogen and oxygen atoms in total. The zero-order valence-electron chi connectivity index (χ0n) is 20.2. The van der Waals surface area contributed by atoms with E-state index >= 15 is 0 Å². The molecule has 1 saturated carbocycles. The summed E-state index contributed by atoms with van der Waals surface area (Å²) in [5.74, 6) is 2.27. The van der Waals surface area contributed by atoms with Crippen molar-refractivity contribution < 1.29 is 9.47 Å². The van der Waals surface area contributed by atoms with Gasteiger partial charge in [-0.2, -0.15) is 9.97 Å². The Balaban J connectivity index is 1.32. The summed E-state index contributed by atoms with van der Waals surface area (Å²) in [5, 5.41) is 7.68. The number of aromatic nitrogens is 2. The third-order valence-electron chi connectivity index (χ3n) is 6.44. The van der Waals surface area contributed by atoms with E-state index in [2.05, 4.69) is 32.7 Å². The van der Waals surface area contributed by atoms with Gasteiger partial charge < -0.3 is 20.1 Å². The van der Waals surface area contributed by atoms with Gasteiger partial charge in [0.2, 0.25) is 17.7 Å². The molecule has 5 rings (SSSR count). The van der Waals surface area contributed by atoms with Crippen molar-refractivity contribution in [3.8, 4) is 23.3 Å². The van der Waals surface area contributed by atoms with Crippen LogP contribution in [0.5, 0.6) is 23.3 Å². The SMILES string of the molecule is S=C(NCC1(c2ccc(Cl)cc2)CCCC1)Nc1nc(Oc2ccccc2)cc(Oc2ccccc2)n1. The maximum absolute atomic E-state index is 6.13. The van der Waals surface area contributed by atoms with Crippen LogP contribution >= 0.6 is 23.8 Å². The number of para-hydroxylation sites is 2. The second-order valence-electron chi connectivity index (χ2n) is 9.00. The zero-order valence-corrected chi connectivity index (χ0v) is 21.8. The summed E-state index contributed by atoms with van der Waals surface area (Å²) in [6.07, 6.45) is 4.56. The van der Waals surface area contributed by atoms with E-state index in [1.54, 1.807) is 6.07 Å². The van der Waals surface area contributed by atoms with Crippen molar-refractivity contribution >= 4 is 34.9 Å². The fourth-order valence-electron chi connectivity index (χ4n) is 4.60. The topological polar surface area (TPSA) is 68.3 Å². The number of nitrogens with one attached hydrogen (secondary N) is 2. The van der Waals surface area contributed by atoms with Crippen LogP contribution in [0.4, 0.5) is 5.95 Å². The molecule has 1 aliphatic carbocycles. The van der Waals surface area contributed by atoms with E-state index in [1.165, 1.54) is 18.4 Å². The van der Waals surface area contributed by atoms with Crippen LogP contribution in [0.2, 0.25) is 5.02 Å². The van der Waals surface area contributed by atoms with Gasteiger partial charge in [0.15, 0.2) is 5.11 Å². The molecule has 1 fully saturated rings. The third kappa shape index (κ3) is 6.56. The first-order chi connectivity index (χ1) is 18.1. The van der Waals surface area contributed by atoms with Crippen molar-refractivity contribution in [3.05, 3.63) is 102 Å². The number of hydrogen-bond donors (Lipinski definition) is 2.